The zero-order valence-corrected chi connectivity index (χ0v) is 8.55. The summed E-state index contributed by atoms with van der Waals surface area (Å²) in [5.74, 6) is -0.755. The molecule has 0 radical (unpaired) electrons. The van der Waals surface area contributed by atoms with Crippen molar-refractivity contribution in [2.45, 2.75) is 18.9 Å². The van der Waals surface area contributed by atoms with Crippen molar-refractivity contribution in [1.29, 1.82) is 0 Å². The number of carboxylic acids is 1. The van der Waals surface area contributed by atoms with Crippen molar-refractivity contribution in [3.05, 3.63) is 12.2 Å². The predicted molar refractivity (Wildman–Crippen MR) is 55.3 cm³/mol. The van der Waals surface area contributed by atoms with E-state index in [2.05, 4.69) is 5.32 Å². The Bertz CT molecular complexity index is 244. The van der Waals surface area contributed by atoms with Gasteiger partial charge < -0.3 is 10.4 Å². The maximum Gasteiger partial charge on any atom is 0.313 e. The summed E-state index contributed by atoms with van der Waals surface area (Å²) in [6, 6.07) is 0.216. The van der Waals surface area contributed by atoms with E-state index in [-0.39, 0.29) is 23.5 Å². The van der Waals surface area contributed by atoms with Crippen LogP contribution >= 0.6 is 11.8 Å². The minimum Gasteiger partial charge on any atom is -0.481 e. The average molecular weight is 215 g/mol. The maximum absolute atomic E-state index is 11.2. The maximum atomic E-state index is 11.2. The van der Waals surface area contributed by atoms with Crippen molar-refractivity contribution in [1.82, 2.24) is 5.32 Å². The summed E-state index contributed by atoms with van der Waals surface area (Å²) < 4.78 is 0. The number of hydrogen-bond acceptors (Lipinski definition) is 3. The van der Waals surface area contributed by atoms with Crippen molar-refractivity contribution in [3.8, 4) is 0 Å². The van der Waals surface area contributed by atoms with Crippen LogP contribution in [0.15, 0.2) is 12.2 Å². The van der Waals surface area contributed by atoms with Crippen LogP contribution in [0, 0.1) is 0 Å². The highest BCUT2D eigenvalue weighted by molar-refractivity contribution is 8.00. The van der Waals surface area contributed by atoms with Crippen LogP contribution in [-0.2, 0) is 9.59 Å². The van der Waals surface area contributed by atoms with Crippen molar-refractivity contribution in [2.24, 2.45) is 0 Å². The monoisotopic (exact) mass is 215 g/mol. The van der Waals surface area contributed by atoms with E-state index in [0.717, 1.165) is 24.6 Å². The number of rotatable bonds is 5. The van der Waals surface area contributed by atoms with E-state index in [0.29, 0.717) is 0 Å². The van der Waals surface area contributed by atoms with Crippen molar-refractivity contribution in [2.75, 3.05) is 11.5 Å². The number of carbonyl (C=O) groups is 2. The lowest BCUT2D eigenvalue weighted by molar-refractivity contribution is -0.133. The molecule has 0 saturated heterocycles. The van der Waals surface area contributed by atoms with E-state index in [1.54, 1.807) is 0 Å². The van der Waals surface area contributed by atoms with E-state index in [9.17, 15) is 9.59 Å². The lowest BCUT2D eigenvalue weighted by atomic mass is 10.2. The third-order valence-corrected chi connectivity index (χ3v) is 2.75. The fourth-order valence-corrected chi connectivity index (χ4v) is 1.78. The first-order valence-corrected chi connectivity index (χ1v) is 5.58. The summed E-state index contributed by atoms with van der Waals surface area (Å²) in [6.45, 7) is 0. The third kappa shape index (κ3) is 4.32. The number of carboxylic acid groups (broad SMARTS) is 1. The number of carbonyl (C=O) groups excluding carboxylic acids is 1. The van der Waals surface area contributed by atoms with Crippen LogP contribution in [0.4, 0.5) is 0 Å². The van der Waals surface area contributed by atoms with E-state index >= 15 is 0 Å². The minimum absolute atomic E-state index is 0.0175. The molecule has 1 aliphatic carbocycles. The largest absolute Gasteiger partial charge is 0.481 e. The fraction of sp³-hybridized carbons (Fsp3) is 0.556. The predicted octanol–water partition coefficient (Wildman–Crippen LogP) is 0.639. The first-order valence-electron chi connectivity index (χ1n) is 4.42. The molecule has 0 bridgehead atoms. The molecular weight excluding hydrogens is 202 g/mol. The smallest absolute Gasteiger partial charge is 0.313 e. The molecule has 5 heteroatoms. The molecule has 14 heavy (non-hydrogen) atoms. The molecule has 0 aromatic rings. The molecule has 0 heterocycles. The van der Waals surface area contributed by atoms with Gasteiger partial charge in [-0.25, -0.2) is 0 Å². The van der Waals surface area contributed by atoms with E-state index in [1.165, 1.54) is 0 Å². The molecule has 1 amide bonds. The molecule has 1 rings (SSSR count). The third-order valence-electron chi connectivity index (χ3n) is 1.83. The lowest BCUT2D eigenvalue weighted by Gasteiger charge is -2.10. The standard InChI is InChI=1S/C9H13NO3S/c11-8(5-14-6-9(12)13)10-7-3-1-2-4-7/h1-2,7H,3-6H2,(H,10,11)(H,12,13). The molecule has 0 unspecified atom stereocenters. The Morgan fingerprint density at radius 1 is 1.36 bits per heavy atom. The molecule has 0 fully saturated rings. The number of thioether (sulfide) groups is 1. The van der Waals surface area contributed by atoms with Gasteiger partial charge in [-0.3, -0.25) is 9.59 Å². The highest BCUT2D eigenvalue weighted by Gasteiger charge is 2.13. The number of amides is 1. The quantitative estimate of drug-likeness (QED) is 0.660. The molecule has 0 spiro atoms. The molecule has 0 aromatic heterocycles. The normalized spacial score (nSPS) is 15.7. The van der Waals surface area contributed by atoms with Gasteiger partial charge in [0.05, 0.1) is 11.5 Å². The van der Waals surface area contributed by atoms with Gasteiger partial charge in [0.1, 0.15) is 0 Å². The highest BCUT2D eigenvalue weighted by atomic mass is 32.2. The highest BCUT2D eigenvalue weighted by Crippen LogP contribution is 2.09. The van der Waals surface area contributed by atoms with Crippen LogP contribution in [-0.4, -0.2) is 34.5 Å². The van der Waals surface area contributed by atoms with Gasteiger partial charge in [0.25, 0.3) is 0 Å². The Morgan fingerprint density at radius 3 is 2.57 bits per heavy atom. The summed E-state index contributed by atoms with van der Waals surface area (Å²) in [6.07, 6.45) is 5.84. The van der Waals surface area contributed by atoms with Crippen LogP contribution in [0.25, 0.3) is 0 Å². The minimum atomic E-state index is -0.884. The number of hydrogen-bond donors (Lipinski definition) is 2. The van der Waals surface area contributed by atoms with Gasteiger partial charge in [-0.05, 0) is 12.8 Å². The Labute approximate surface area is 86.8 Å². The summed E-state index contributed by atoms with van der Waals surface area (Å²) >= 11 is 1.12. The van der Waals surface area contributed by atoms with Gasteiger partial charge in [0.15, 0.2) is 0 Å². The van der Waals surface area contributed by atoms with Gasteiger partial charge >= 0.3 is 5.97 Å². The molecule has 0 aliphatic heterocycles. The number of nitrogens with one attached hydrogen (secondary N) is 1. The Kier molecular flexibility index (Phi) is 4.52. The van der Waals surface area contributed by atoms with Gasteiger partial charge in [0, 0.05) is 6.04 Å². The topological polar surface area (TPSA) is 66.4 Å². The summed E-state index contributed by atoms with van der Waals surface area (Å²) in [4.78, 5) is 21.4. The molecule has 2 N–H and O–H groups in total. The molecular formula is C9H13NO3S. The Hall–Kier alpha value is -0.970. The van der Waals surface area contributed by atoms with Gasteiger partial charge in [0.2, 0.25) is 5.91 Å². The van der Waals surface area contributed by atoms with Crippen LogP contribution < -0.4 is 5.32 Å². The Balaban J connectivity index is 2.07. The summed E-state index contributed by atoms with van der Waals surface area (Å²) in [5, 5.41) is 11.2. The molecule has 0 aromatic carbocycles. The molecule has 0 atom stereocenters. The Morgan fingerprint density at radius 2 is 2.00 bits per heavy atom. The van der Waals surface area contributed by atoms with Crippen LogP contribution in [0.5, 0.6) is 0 Å². The van der Waals surface area contributed by atoms with Crippen LogP contribution in [0.1, 0.15) is 12.8 Å². The zero-order valence-electron chi connectivity index (χ0n) is 7.73. The first-order chi connectivity index (χ1) is 6.68. The molecule has 78 valence electrons. The molecule has 4 nitrogen and oxygen atoms in total. The van der Waals surface area contributed by atoms with Gasteiger partial charge in [-0.1, -0.05) is 12.2 Å². The molecule has 1 aliphatic rings. The van der Waals surface area contributed by atoms with Gasteiger partial charge in [-0.15, -0.1) is 11.8 Å². The SMILES string of the molecule is O=C(O)CSCC(=O)NC1CC=CC1. The first kappa shape index (κ1) is 11.1. The fourth-order valence-electron chi connectivity index (χ4n) is 1.24. The van der Waals surface area contributed by atoms with Crippen LogP contribution in [0.2, 0.25) is 0 Å². The van der Waals surface area contributed by atoms with Crippen molar-refractivity contribution >= 4 is 23.6 Å². The summed E-state index contributed by atoms with van der Waals surface area (Å²) in [5.41, 5.74) is 0. The van der Waals surface area contributed by atoms with E-state index in [1.807, 2.05) is 12.2 Å². The van der Waals surface area contributed by atoms with Gasteiger partial charge in [-0.2, -0.15) is 0 Å². The molecule has 0 saturated carbocycles. The second-order valence-corrected chi connectivity index (χ2v) is 4.08. The van der Waals surface area contributed by atoms with E-state index < -0.39 is 5.97 Å². The van der Waals surface area contributed by atoms with Crippen molar-refractivity contribution < 1.29 is 14.7 Å². The summed E-state index contributed by atoms with van der Waals surface area (Å²) in [7, 11) is 0. The lowest BCUT2D eigenvalue weighted by Crippen LogP contribution is -2.34. The van der Waals surface area contributed by atoms with Crippen molar-refractivity contribution in [3.63, 3.8) is 0 Å². The second-order valence-electron chi connectivity index (χ2n) is 3.09. The second kappa shape index (κ2) is 5.70. The van der Waals surface area contributed by atoms with E-state index in [4.69, 9.17) is 5.11 Å². The zero-order chi connectivity index (χ0) is 10.4. The van der Waals surface area contributed by atoms with Crippen LogP contribution in [0.3, 0.4) is 0 Å². The average Bonchev–Trinajstić information content (AvgIpc) is 2.56. The number of aliphatic carboxylic acids is 1.